The summed E-state index contributed by atoms with van der Waals surface area (Å²) in [5, 5.41) is 0. The van der Waals surface area contributed by atoms with Crippen LogP contribution < -0.4 is 5.73 Å². The minimum absolute atomic E-state index is 0.149. The molecule has 1 aliphatic carbocycles. The van der Waals surface area contributed by atoms with Crippen LogP contribution in [0.15, 0.2) is 22.9 Å². The van der Waals surface area contributed by atoms with E-state index in [1.165, 1.54) is 12.8 Å². The van der Waals surface area contributed by atoms with Crippen molar-refractivity contribution in [2.24, 2.45) is 11.7 Å². The van der Waals surface area contributed by atoms with Crippen molar-refractivity contribution in [3.63, 3.8) is 0 Å². The fourth-order valence-electron chi connectivity index (χ4n) is 1.50. The van der Waals surface area contributed by atoms with Gasteiger partial charge in [0.05, 0.1) is 0 Å². The predicted octanol–water partition coefficient (Wildman–Crippen LogP) is 2.64. The zero-order chi connectivity index (χ0) is 9.26. The molecule has 1 aliphatic rings. The van der Waals surface area contributed by atoms with Crippen LogP contribution in [0, 0.1) is 5.92 Å². The third-order valence-corrected chi connectivity index (χ3v) is 3.20. The van der Waals surface area contributed by atoms with Gasteiger partial charge in [-0.25, -0.2) is 0 Å². The number of nitrogens with zero attached hydrogens (tertiary/aromatic N) is 1. The first kappa shape index (κ1) is 9.16. The van der Waals surface area contributed by atoms with Gasteiger partial charge >= 0.3 is 0 Å². The van der Waals surface area contributed by atoms with Crippen molar-refractivity contribution >= 4 is 15.9 Å². The van der Waals surface area contributed by atoms with Crippen molar-refractivity contribution in [2.45, 2.75) is 25.3 Å². The molecule has 2 N–H and O–H groups in total. The van der Waals surface area contributed by atoms with E-state index in [4.69, 9.17) is 5.73 Å². The predicted molar refractivity (Wildman–Crippen MR) is 56.2 cm³/mol. The third kappa shape index (κ3) is 2.29. The van der Waals surface area contributed by atoms with E-state index in [0.717, 1.165) is 22.4 Å². The average Bonchev–Trinajstić information content (AvgIpc) is 2.89. The molecule has 1 aromatic rings. The van der Waals surface area contributed by atoms with Crippen molar-refractivity contribution in [3.05, 3.63) is 28.5 Å². The molecule has 1 fully saturated rings. The second-order valence-electron chi connectivity index (χ2n) is 3.68. The Morgan fingerprint density at radius 3 is 3.00 bits per heavy atom. The Hall–Kier alpha value is -0.410. The maximum absolute atomic E-state index is 6.07. The van der Waals surface area contributed by atoms with Gasteiger partial charge in [0.25, 0.3) is 0 Å². The molecule has 0 amide bonds. The Kier molecular flexibility index (Phi) is 2.65. The summed E-state index contributed by atoms with van der Waals surface area (Å²) < 4.78 is 1.08. The number of halogens is 1. The lowest BCUT2D eigenvalue weighted by Crippen LogP contribution is -2.11. The number of nitrogens with two attached hydrogens (primary N) is 1. The van der Waals surface area contributed by atoms with Gasteiger partial charge in [-0.3, -0.25) is 4.98 Å². The highest BCUT2D eigenvalue weighted by Gasteiger charge is 2.25. The summed E-state index contributed by atoms with van der Waals surface area (Å²) >= 11 is 3.49. The Balaban J connectivity index is 2.09. The van der Waals surface area contributed by atoms with Crippen molar-refractivity contribution in [1.82, 2.24) is 4.98 Å². The molecule has 2 nitrogen and oxygen atoms in total. The molecule has 0 unspecified atom stereocenters. The van der Waals surface area contributed by atoms with E-state index < -0.39 is 0 Å². The summed E-state index contributed by atoms with van der Waals surface area (Å²) in [5.41, 5.74) is 7.20. The summed E-state index contributed by atoms with van der Waals surface area (Å²) in [6.07, 6.45) is 7.44. The van der Waals surface area contributed by atoms with Gasteiger partial charge in [0.2, 0.25) is 0 Å². The molecule has 0 aliphatic heterocycles. The van der Waals surface area contributed by atoms with Gasteiger partial charge in [-0.15, -0.1) is 0 Å². The maximum atomic E-state index is 6.07. The molecule has 3 heteroatoms. The maximum Gasteiger partial charge on any atom is 0.0326 e. The molecular weight excluding hydrogens is 228 g/mol. The largest absolute Gasteiger partial charge is 0.324 e. The Morgan fingerprint density at radius 1 is 1.62 bits per heavy atom. The number of aromatic nitrogens is 1. The Labute approximate surface area is 86.7 Å². The van der Waals surface area contributed by atoms with E-state index in [9.17, 15) is 0 Å². The van der Waals surface area contributed by atoms with Crippen molar-refractivity contribution in [3.8, 4) is 0 Å². The number of rotatable bonds is 3. The fourth-order valence-corrected chi connectivity index (χ4v) is 2.02. The molecular formula is C10H13BrN2. The van der Waals surface area contributed by atoms with Gasteiger partial charge in [0.1, 0.15) is 0 Å². The van der Waals surface area contributed by atoms with Crippen molar-refractivity contribution < 1.29 is 0 Å². The number of pyridine rings is 1. The summed E-state index contributed by atoms with van der Waals surface area (Å²) in [6.45, 7) is 0. The van der Waals surface area contributed by atoms with E-state index in [1.54, 1.807) is 6.20 Å². The SMILES string of the molecule is N[C@@H](CC1CC1)c1cnccc1Br. The van der Waals surface area contributed by atoms with E-state index in [-0.39, 0.29) is 6.04 Å². The third-order valence-electron chi connectivity index (χ3n) is 2.48. The summed E-state index contributed by atoms with van der Waals surface area (Å²) in [7, 11) is 0. The molecule has 0 radical (unpaired) electrons. The van der Waals surface area contributed by atoms with Crippen LogP contribution in [0.25, 0.3) is 0 Å². The summed E-state index contributed by atoms with van der Waals surface area (Å²) in [4.78, 5) is 4.08. The van der Waals surface area contributed by atoms with Gasteiger partial charge in [-0.1, -0.05) is 28.8 Å². The van der Waals surface area contributed by atoms with E-state index in [0.29, 0.717) is 0 Å². The zero-order valence-corrected chi connectivity index (χ0v) is 9.00. The molecule has 1 atom stereocenters. The topological polar surface area (TPSA) is 38.9 Å². The van der Waals surface area contributed by atoms with Crippen LogP contribution in [0.3, 0.4) is 0 Å². The highest BCUT2D eigenvalue weighted by molar-refractivity contribution is 9.10. The molecule has 1 heterocycles. The number of hydrogen-bond donors (Lipinski definition) is 1. The normalized spacial score (nSPS) is 18.6. The van der Waals surface area contributed by atoms with Gasteiger partial charge in [0.15, 0.2) is 0 Å². The molecule has 0 spiro atoms. The Bertz CT molecular complexity index is 297. The van der Waals surface area contributed by atoms with Crippen LogP contribution in [0.5, 0.6) is 0 Å². The van der Waals surface area contributed by atoms with E-state index in [1.807, 2.05) is 12.3 Å². The lowest BCUT2D eigenvalue weighted by molar-refractivity contribution is 0.593. The first-order valence-corrected chi connectivity index (χ1v) is 5.41. The van der Waals surface area contributed by atoms with Crippen LogP contribution in [-0.4, -0.2) is 4.98 Å². The first-order chi connectivity index (χ1) is 6.27. The minimum atomic E-state index is 0.149. The van der Waals surface area contributed by atoms with Gasteiger partial charge in [-0.2, -0.15) is 0 Å². The van der Waals surface area contributed by atoms with Crippen LogP contribution in [0.4, 0.5) is 0 Å². The lowest BCUT2D eigenvalue weighted by Gasteiger charge is -2.12. The molecule has 0 saturated heterocycles. The zero-order valence-electron chi connectivity index (χ0n) is 7.41. The molecule has 1 saturated carbocycles. The molecule has 13 heavy (non-hydrogen) atoms. The van der Waals surface area contributed by atoms with Gasteiger partial charge in [-0.05, 0) is 18.4 Å². The van der Waals surface area contributed by atoms with Gasteiger partial charge in [0, 0.05) is 28.5 Å². The second-order valence-corrected chi connectivity index (χ2v) is 4.54. The van der Waals surface area contributed by atoms with E-state index >= 15 is 0 Å². The van der Waals surface area contributed by atoms with Crippen LogP contribution in [0.1, 0.15) is 30.9 Å². The molecule has 2 rings (SSSR count). The molecule has 0 bridgehead atoms. The highest BCUT2D eigenvalue weighted by Crippen LogP contribution is 2.37. The van der Waals surface area contributed by atoms with Crippen LogP contribution in [-0.2, 0) is 0 Å². The quantitative estimate of drug-likeness (QED) is 0.883. The molecule has 0 aromatic carbocycles. The standard InChI is InChI=1S/C10H13BrN2/c11-9-3-4-13-6-8(9)10(12)5-7-1-2-7/h3-4,6-7,10H,1-2,5,12H2/t10-/m0/s1. The lowest BCUT2D eigenvalue weighted by atomic mass is 10.0. The van der Waals surface area contributed by atoms with Crippen LogP contribution >= 0.6 is 15.9 Å². The van der Waals surface area contributed by atoms with Gasteiger partial charge < -0.3 is 5.73 Å². The fraction of sp³-hybridized carbons (Fsp3) is 0.500. The first-order valence-electron chi connectivity index (χ1n) is 4.62. The molecule has 70 valence electrons. The molecule has 1 aromatic heterocycles. The minimum Gasteiger partial charge on any atom is -0.324 e. The summed E-state index contributed by atoms with van der Waals surface area (Å²) in [6, 6.07) is 2.10. The van der Waals surface area contributed by atoms with E-state index in [2.05, 4.69) is 20.9 Å². The summed E-state index contributed by atoms with van der Waals surface area (Å²) in [5.74, 6) is 0.863. The number of hydrogen-bond acceptors (Lipinski definition) is 2. The van der Waals surface area contributed by atoms with Crippen molar-refractivity contribution in [1.29, 1.82) is 0 Å². The monoisotopic (exact) mass is 240 g/mol. The highest BCUT2D eigenvalue weighted by atomic mass is 79.9. The second kappa shape index (κ2) is 3.76. The smallest absolute Gasteiger partial charge is 0.0326 e. The Morgan fingerprint density at radius 2 is 2.38 bits per heavy atom. The van der Waals surface area contributed by atoms with Crippen LogP contribution in [0.2, 0.25) is 0 Å². The van der Waals surface area contributed by atoms with Crippen molar-refractivity contribution in [2.75, 3.05) is 0 Å². The average molecular weight is 241 g/mol.